The Kier molecular flexibility index (Phi) is 14.7. The lowest BCUT2D eigenvalue weighted by molar-refractivity contribution is 0.0494. The van der Waals surface area contributed by atoms with E-state index >= 15 is 0 Å². The molecular weight excluding hydrogens is 448 g/mol. The van der Waals surface area contributed by atoms with Crippen LogP contribution < -0.4 is 5.84 Å². The second kappa shape index (κ2) is 17.8. The van der Waals surface area contributed by atoms with Crippen molar-refractivity contribution in [3.8, 4) is 0 Å². The molecule has 0 aliphatic carbocycles. The number of nitrogens with two attached hydrogens (primary N) is 1. The first-order chi connectivity index (χ1) is 17.6. The molecule has 0 saturated carbocycles. The van der Waals surface area contributed by atoms with Crippen LogP contribution in [-0.4, -0.2) is 23.0 Å². The average Bonchev–Trinajstić information content (AvgIpc) is 3.19. The topological polar surface area (TPSA) is 74.3 Å². The van der Waals surface area contributed by atoms with Crippen LogP contribution in [0.25, 0.3) is 0 Å². The van der Waals surface area contributed by atoms with E-state index in [9.17, 15) is 9.59 Å². The van der Waals surface area contributed by atoms with Crippen LogP contribution in [-0.2, 0) is 4.74 Å². The monoisotopic (exact) mass is 496 g/mol. The molecular formula is C31H48N2O3. The lowest BCUT2D eigenvalue weighted by atomic mass is 10.0. The molecule has 0 amide bonds. The normalized spacial score (nSPS) is 11.1. The van der Waals surface area contributed by atoms with E-state index in [-0.39, 0.29) is 16.9 Å². The number of ether oxygens (including phenoxy) is 1. The lowest BCUT2D eigenvalue weighted by Gasteiger charge is -2.07. The number of unbranched alkanes of at least 4 members (excludes halogenated alkanes) is 15. The smallest absolute Gasteiger partial charge is 0.340 e. The molecule has 0 radical (unpaired) electrons. The van der Waals surface area contributed by atoms with Gasteiger partial charge < -0.3 is 10.6 Å². The first kappa shape index (κ1) is 29.7. The maximum absolute atomic E-state index is 12.9. The summed E-state index contributed by atoms with van der Waals surface area (Å²) in [4.78, 5) is 25.6. The number of rotatable bonds is 20. The predicted molar refractivity (Wildman–Crippen MR) is 149 cm³/mol. The van der Waals surface area contributed by atoms with Crippen molar-refractivity contribution in [1.82, 2.24) is 4.68 Å². The van der Waals surface area contributed by atoms with E-state index < -0.39 is 5.97 Å². The van der Waals surface area contributed by atoms with Crippen molar-refractivity contribution in [2.24, 2.45) is 0 Å². The summed E-state index contributed by atoms with van der Waals surface area (Å²) in [6, 6.07) is 8.92. The van der Waals surface area contributed by atoms with Crippen molar-refractivity contribution in [3.05, 3.63) is 58.9 Å². The zero-order chi connectivity index (χ0) is 26.0. The predicted octanol–water partition coefficient (Wildman–Crippen LogP) is 8.16. The number of hydrogen-bond acceptors (Lipinski definition) is 4. The summed E-state index contributed by atoms with van der Waals surface area (Å²) in [7, 11) is 0. The summed E-state index contributed by atoms with van der Waals surface area (Å²) in [5.41, 5.74) is 1.61. The van der Waals surface area contributed by atoms with E-state index in [1.165, 1.54) is 101 Å². The third-order valence-corrected chi connectivity index (χ3v) is 7.00. The maximum atomic E-state index is 12.9. The van der Waals surface area contributed by atoms with Gasteiger partial charge in [-0.15, -0.1) is 0 Å². The van der Waals surface area contributed by atoms with Crippen molar-refractivity contribution < 1.29 is 14.3 Å². The number of hydrogen-bond donors (Lipinski definition) is 1. The van der Waals surface area contributed by atoms with Crippen molar-refractivity contribution >= 4 is 11.8 Å². The number of ketones is 1. The van der Waals surface area contributed by atoms with Gasteiger partial charge in [-0.25, -0.2) is 4.79 Å². The zero-order valence-electron chi connectivity index (χ0n) is 22.7. The van der Waals surface area contributed by atoms with Crippen LogP contribution in [0.1, 0.15) is 142 Å². The van der Waals surface area contributed by atoms with Gasteiger partial charge in [-0.05, 0) is 13.3 Å². The SMILES string of the molecule is CCCCCCCCCCCCCCCCCCOC(=O)c1c(C(=O)c2ccccc2)cn(N)c1C. The number of nitrogens with zero attached hydrogens (tertiary/aromatic N) is 1. The van der Waals surface area contributed by atoms with Gasteiger partial charge in [0.2, 0.25) is 0 Å². The van der Waals surface area contributed by atoms with Gasteiger partial charge in [0.05, 0.1) is 23.4 Å². The van der Waals surface area contributed by atoms with Gasteiger partial charge in [0.25, 0.3) is 0 Å². The van der Waals surface area contributed by atoms with E-state index in [0.717, 1.165) is 12.8 Å². The van der Waals surface area contributed by atoms with E-state index in [0.29, 0.717) is 17.9 Å². The molecule has 0 atom stereocenters. The number of carbonyl (C=O) groups excluding carboxylic acids is 2. The molecule has 36 heavy (non-hydrogen) atoms. The van der Waals surface area contributed by atoms with Crippen LogP contribution in [0.15, 0.2) is 36.5 Å². The lowest BCUT2D eigenvalue weighted by Crippen LogP contribution is -2.14. The summed E-state index contributed by atoms with van der Waals surface area (Å²) in [5, 5.41) is 0. The third-order valence-electron chi connectivity index (χ3n) is 7.00. The van der Waals surface area contributed by atoms with Gasteiger partial charge in [0, 0.05) is 11.8 Å². The van der Waals surface area contributed by atoms with E-state index in [4.69, 9.17) is 10.6 Å². The van der Waals surface area contributed by atoms with E-state index in [1.807, 2.05) is 6.07 Å². The Hall–Kier alpha value is -2.56. The molecule has 0 aliphatic heterocycles. The second-order valence-corrected chi connectivity index (χ2v) is 10.0. The molecule has 0 aliphatic rings. The zero-order valence-corrected chi connectivity index (χ0v) is 22.7. The molecule has 0 unspecified atom stereocenters. The summed E-state index contributed by atoms with van der Waals surface area (Å²) >= 11 is 0. The van der Waals surface area contributed by atoms with Crippen LogP contribution in [0.4, 0.5) is 0 Å². The Morgan fingerprint density at radius 2 is 1.22 bits per heavy atom. The minimum absolute atomic E-state index is 0.225. The molecule has 1 aromatic heterocycles. The Balaban J connectivity index is 1.54. The first-order valence-corrected chi connectivity index (χ1v) is 14.3. The fourth-order valence-electron chi connectivity index (χ4n) is 4.69. The van der Waals surface area contributed by atoms with Gasteiger partial charge in [-0.3, -0.25) is 9.47 Å². The number of nitrogen functional groups attached to an aromatic ring is 1. The van der Waals surface area contributed by atoms with Crippen molar-refractivity contribution in [3.63, 3.8) is 0 Å². The summed E-state index contributed by atoms with van der Waals surface area (Å²) < 4.78 is 6.83. The van der Waals surface area contributed by atoms with Crippen molar-refractivity contribution in [1.29, 1.82) is 0 Å². The van der Waals surface area contributed by atoms with Gasteiger partial charge in [0.15, 0.2) is 5.78 Å². The number of esters is 1. The molecule has 2 aromatic rings. The molecule has 5 heteroatoms. The fraction of sp³-hybridized carbons (Fsp3) is 0.613. The maximum Gasteiger partial charge on any atom is 0.340 e. The van der Waals surface area contributed by atoms with Gasteiger partial charge in [-0.2, -0.15) is 0 Å². The van der Waals surface area contributed by atoms with Crippen LogP contribution in [0, 0.1) is 6.92 Å². The first-order valence-electron chi connectivity index (χ1n) is 14.3. The third kappa shape index (κ3) is 10.6. The van der Waals surface area contributed by atoms with Crippen LogP contribution >= 0.6 is 0 Å². The Bertz CT molecular complexity index is 889. The molecule has 5 nitrogen and oxygen atoms in total. The van der Waals surface area contributed by atoms with Gasteiger partial charge >= 0.3 is 5.97 Å². The minimum atomic E-state index is -0.475. The molecule has 2 rings (SSSR count). The van der Waals surface area contributed by atoms with Gasteiger partial charge in [0.1, 0.15) is 0 Å². The second-order valence-electron chi connectivity index (χ2n) is 10.0. The quantitative estimate of drug-likeness (QED) is 0.0868. The molecule has 0 fully saturated rings. The molecule has 2 N–H and O–H groups in total. The highest BCUT2D eigenvalue weighted by Gasteiger charge is 2.25. The van der Waals surface area contributed by atoms with Crippen molar-refractivity contribution in [2.45, 2.75) is 117 Å². The van der Waals surface area contributed by atoms with Crippen LogP contribution in [0.5, 0.6) is 0 Å². The average molecular weight is 497 g/mol. The number of aromatic nitrogens is 1. The molecule has 1 aromatic carbocycles. The minimum Gasteiger partial charge on any atom is -0.462 e. The molecule has 0 spiro atoms. The number of benzene rings is 1. The largest absolute Gasteiger partial charge is 0.462 e. The Labute approximate surface area is 218 Å². The molecule has 200 valence electrons. The number of carbonyl (C=O) groups is 2. The van der Waals surface area contributed by atoms with E-state index in [2.05, 4.69) is 6.92 Å². The van der Waals surface area contributed by atoms with Gasteiger partial charge in [-0.1, -0.05) is 134 Å². The fourth-order valence-corrected chi connectivity index (χ4v) is 4.69. The van der Waals surface area contributed by atoms with Crippen LogP contribution in [0.3, 0.4) is 0 Å². The van der Waals surface area contributed by atoms with E-state index in [1.54, 1.807) is 31.2 Å². The Morgan fingerprint density at radius 3 is 1.72 bits per heavy atom. The highest BCUT2D eigenvalue weighted by Crippen LogP contribution is 2.21. The summed E-state index contributed by atoms with van der Waals surface area (Å²) in [5.74, 6) is 5.25. The Morgan fingerprint density at radius 1 is 0.750 bits per heavy atom. The van der Waals surface area contributed by atoms with Crippen molar-refractivity contribution in [2.75, 3.05) is 12.4 Å². The molecule has 0 saturated heterocycles. The summed E-state index contributed by atoms with van der Waals surface area (Å²) in [6.07, 6.45) is 22.4. The van der Waals surface area contributed by atoms with Crippen LogP contribution in [0.2, 0.25) is 0 Å². The summed E-state index contributed by atoms with van der Waals surface area (Å²) in [6.45, 7) is 4.37. The standard InChI is InChI=1S/C31H48N2O3/c1-3-4-5-6-7-8-9-10-11-12-13-14-15-16-17-21-24-36-31(35)29-26(2)33(32)25-28(29)30(34)27-22-19-18-20-23-27/h18-20,22-23,25H,3-17,21,24,32H2,1-2H3. The molecule has 1 heterocycles. The highest BCUT2D eigenvalue weighted by molar-refractivity contribution is 6.15. The molecule has 0 bridgehead atoms. The highest BCUT2D eigenvalue weighted by atomic mass is 16.5.